The highest BCUT2D eigenvalue weighted by Crippen LogP contribution is 2.29. The van der Waals surface area contributed by atoms with Crippen LogP contribution < -0.4 is 10.1 Å². The number of carbonyl (C=O) groups excluding carboxylic acids is 2. The van der Waals surface area contributed by atoms with E-state index in [2.05, 4.69) is 5.32 Å². The molecule has 5 nitrogen and oxygen atoms in total. The third-order valence-electron chi connectivity index (χ3n) is 4.34. The van der Waals surface area contributed by atoms with Crippen molar-refractivity contribution >= 4 is 11.8 Å². The van der Waals surface area contributed by atoms with E-state index in [1.54, 1.807) is 7.11 Å². The van der Waals surface area contributed by atoms with Crippen molar-refractivity contribution in [2.45, 2.75) is 31.7 Å². The molecule has 22 heavy (non-hydrogen) atoms. The standard InChI is InChI=1S/C17H22N2O3/c1-22-15-6-2-12(3-7-15)8-9-19-11-14(10-16(19)20)18-17(21)13-4-5-13/h2-3,6-7,13-14H,4-5,8-11H2,1H3,(H,18,21). The Bertz CT molecular complexity index is 552. The van der Waals surface area contributed by atoms with Crippen LogP contribution in [-0.2, 0) is 16.0 Å². The maximum absolute atomic E-state index is 12.0. The topological polar surface area (TPSA) is 58.6 Å². The molecule has 3 rings (SSSR count). The number of hydrogen-bond donors (Lipinski definition) is 1. The number of methoxy groups -OCH3 is 1. The maximum Gasteiger partial charge on any atom is 0.224 e. The zero-order valence-electron chi connectivity index (χ0n) is 12.9. The molecule has 2 aliphatic rings. The van der Waals surface area contributed by atoms with Crippen LogP contribution in [0.5, 0.6) is 5.75 Å². The minimum absolute atomic E-state index is 0.0172. The average Bonchev–Trinajstić information content (AvgIpc) is 3.31. The smallest absolute Gasteiger partial charge is 0.224 e. The molecule has 1 aromatic carbocycles. The Hall–Kier alpha value is -2.04. The second-order valence-electron chi connectivity index (χ2n) is 6.12. The van der Waals surface area contributed by atoms with Crippen LogP contribution in [0.1, 0.15) is 24.8 Å². The van der Waals surface area contributed by atoms with E-state index in [0.29, 0.717) is 19.5 Å². The predicted molar refractivity (Wildman–Crippen MR) is 82.5 cm³/mol. The molecule has 1 aliphatic heterocycles. The minimum atomic E-state index is -0.0172. The molecular formula is C17H22N2O3. The van der Waals surface area contributed by atoms with Gasteiger partial charge >= 0.3 is 0 Å². The maximum atomic E-state index is 12.0. The number of ether oxygens (including phenoxy) is 1. The predicted octanol–water partition coefficient (Wildman–Crippen LogP) is 1.36. The normalized spacial score (nSPS) is 21.0. The first kappa shape index (κ1) is 14.9. The van der Waals surface area contributed by atoms with E-state index in [4.69, 9.17) is 4.74 Å². The van der Waals surface area contributed by atoms with Crippen LogP contribution >= 0.6 is 0 Å². The average molecular weight is 302 g/mol. The zero-order valence-corrected chi connectivity index (χ0v) is 12.9. The lowest BCUT2D eigenvalue weighted by Crippen LogP contribution is -2.38. The van der Waals surface area contributed by atoms with E-state index in [1.807, 2.05) is 29.2 Å². The first-order valence-corrected chi connectivity index (χ1v) is 7.87. The molecule has 1 unspecified atom stereocenters. The molecule has 1 saturated heterocycles. The molecule has 1 N–H and O–H groups in total. The molecular weight excluding hydrogens is 280 g/mol. The summed E-state index contributed by atoms with van der Waals surface area (Å²) in [4.78, 5) is 25.6. The Labute approximate surface area is 130 Å². The van der Waals surface area contributed by atoms with E-state index in [9.17, 15) is 9.59 Å². The highest BCUT2D eigenvalue weighted by molar-refractivity contribution is 5.84. The van der Waals surface area contributed by atoms with Gasteiger partial charge in [-0.3, -0.25) is 9.59 Å². The SMILES string of the molecule is COc1ccc(CCN2CC(NC(=O)C3CC3)CC2=O)cc1. The summed E-state index contributed by atoms with van der Waals surface area (Å²) in [5, 5.41) is 3.00. The summed E-state index contributed by atoms with van der Waals surface area (Å²) in [5.74, 6) is 1.29. The minimum Gasteiger partial charge on any atom is -0.497 e. The summed E-state index contributed by atoms with van der Waals surface area (Å²) in [7, 11) is 1.65. The highest BCUT2D eigenvalue weighted by atomic mass is 16.5. The van der Waals surface area contributed by atoms with Crippen molar-refractivity contribution in [2.75, 3.05) is 20.2 Å². The van der Waals surface area contributed by atoms with E-state index in [1.165, 1.54) is 5.56 Å². The van der Waals surface area contributed by atoms with Gasteiger partial charge in [-0.1, -0.05) is 12.1 Å². The van der Waals surface area contributed by atoms with Gasteiger partial charge < -0.3 is 15.0 Å². The summed E-state index contributed by atoms with van der Waals surface area (Å²) in [6.45, 7) is 1.33. The van der Waals surface area contributed by atoms with Gasteiger partial charge in [-0.05, 0) is 37.0 Å². The van der Waals surface area contributed by atoms with Gasteiger partial charge in [0.1, 0.15) is 5.75 Å². The van der Waals surface area contributed by atoms with Gasteiger partial charge in [-0.25, -0.2) is 0 Å². The van der Waals surface area contributed by atoms with E-state index in [-0.39, 0.29) is 23.8 Å². The number of benzene rings is 1. The number of nitrogens with one attached hydrogen (secondary N) is 1. The molecule has 1 aromatic rings. The molecule has 1 saturated carbocycles. The Morgan fingerprint density at radius 3 is 2.68 bits per heavy atom. The fourth-order valence-electron chi connectivity index (χ4n) is 2.81. The summed E-state index contributed by atoms with van der Waals surface area (Å²) >= 11 is 0. The van der Waals surface area contributed by atoms with Gasteiger partial charge in [0.05, 0.1) is 13.2 Å². The number of carbonyl (C=O) groups is 2. The third-order valence-corrected chi connectivity index (χ3v) is 4.34. The molecule has 2 amide bonds. The molecule has 1 heterocycles. The van der Waals surface area contributed by atoms with Crippen LogP contribution in [0.25, 0.3) is 0 Å². The van der Waals surface area contributed by atoms with Crippen molar-refractivity contribution in [1.82, 2.24) is 10.2 Å². The van der Waals surface area contributed by atoms with Crippen molar-refractivity contribution in [1.29, 1.82) is 0 Å². The monoisotopic (exact) mass is 302 g/mol. The van der Waals surface area contributed by atoms with Crippen LogP contribution in [-0.4, -0.2) is 43.0 Å². The number of nitrogens with zero attached hydrogens (tertiary/aromatic N) is 1. The molecule has 1 aliphatic carbocycles. The first-order chi connectivity index (χ1) is 10.7. The molecule has 118 valence electrons. The lowest BCUT2D eigenvalue weighted by atomic mass is 10.1. The number of amides is 2. The molecule has 5 heteroatoms. The summed E-state index contributed by atoms with van der Waals surface area (Å²) < 4.78 is 5.13. The van der Waals surface area contributed by atoms with Crippen molar-refractivity contribution in [3.63, 3.8) is 0 Å². The Morgan fingerprint density at radius 2 is 2.05 bits per heavy atom. The zero-order chi connectivity index (χ0) is 15.5. The molecule has 0 spiro atoms. The Morgan fingerprint density at radius 1 is 1.32 bits per heavy atom. The van der Waals surface area contributed by atoms with E-state index >= 15 is 0 Å². The van der Waals surface area contributed by atoms with Gasteiger partial charge in [-0.15, -0.1) is 0 Å². The van der Waals surface area contributed by atoms with Crippen molar-refractivity contribution in [3.05, 3.63) is 29.8 Å². The second kappa shape index (κ2) is 6.38. The lowest BCUT2D eigenvalue weighted by molar-refractivity contribution is -0.127. The first-order valence-electron chi connectivity index (χ1n) is 7.87. The van der Waals surface area contributed by atoms with Gasteiger partial charge in [0.25, 0.3) is 0 Å². The summed E-state index contributed by atoms with van der Waals surface area (Å²) in [6.07, 6.45) is 3.24. The molecule has 0 bridgehead atoms. The van der Waals surface area contributed by atoms with Crippen LogP contribution in [0.2, 0.25) is 0 Å². The molecule has 1 atom stereocenters. The van der Waals surface area contributed by atoms with Crippen molar-refractivity contribution in [3.8, 4) is 5.75 Å². The largest absolute Gasteiger partial charge is 0.497 e. The van der Waals surface area contributed by atoms with Crippen LogP contribution in [0.3, 0.4) is 0 Å². The van der Waals surface area contributed by atoms with E-state index in [0.717, 1.165) is 25.0 Å². The van der Waals surface area contributed by atoms with Gasteiger partial charge in [0.15, 0.2) is 0 Å². The molecule has 0 aromatic heterocycles. The quantitative estimate of drug-likeness (QED) is 0.863. The highest BCUT2D eigenvalue weighted by Gasteiger charge is 2.35. The van der Waals surface area contributed by atoms with E-state index < -0.39 is 0 Å². The number of hydrogen-bond acceptors (Lipinski definition) is 3. The fraction of sp³-hybridized carbons (Fsp3) is 0.529. The molecule has 0 radical (unpaired) electrons. The lowest BCUT2D eigenvalue weighted by Gasteiger charge is -2.17. The second-order valence-corrected chi connectivity index (χ2v) is 6.12. The van der Waals surface area contributed by atoms with Gasteiger partial charge in [-0.2, -0.15) is 0 Å². The number of likely N-dealkylation sites (tertiary alicyclic amines) is 1. The van der Waals surface area contributed by atoms with Gasteiger partial charge in [0.2, 0.25) is 11.8 Å². The Kier molecular flexibility index (Phi) is 4.32. The van der Waals surface area contributed by atoms with Crippen molar-refractivity contribution in [2.24, 2.45) is 5.92 Å². The third kappa shape index (κ3) is 3.59. The summed E-state index contributed by atoms with van der Waals surface area (Å²) in [5.41, 5.74) is 1.18. The number of rotatable bonds is 6. The molecule has 2 fully saturated rings. The fourth-order valence-corrected chi connectivity index (χ4v) is 2.81. The van der Waals surface area contributed by atoms with Crippen LogP contribution in [0.4, 0.5) is 0 Å². The summed E-state index contributed by atoms with van der Waals surface area (Å²) in [6, 6.07) is 7.88. The Balaban J connectivity index is 1.47. The van der Waals surface area contributed by atoms with Crippen molar-refractivity contribution < 1.29 is 14.3 Å². The van der Waals surface area contributed by atoms with Gasteiger partial charge in [0, 0.05) is 25.4 Å². The van der Waals surface area contributed by atoms with Crippen LogP contribution in [0.15, 0.2) is 24.3 Å². The van der Waals surface area contributed by atoms with Crippen LogP contribution in [0, 0.1) is 5.92 Å².